The van der Waals surface area contributed by atoms with Crippen LogP contribution in [0.5, 0.6) is 0 Å². The number of nitrogens with two attached hydrogens (primary N) is 1. The van der Waals surface area contributed by atoms with Gasteiger partial charge in [-0.2, -0.15) is 0 Å². The van der Waals surface area contributed by atoms with Crippen molar-refractivity contribution in [3.05, 3.63) is 35.4 Å². The normalized spacial score (nSPS) is 23.1. The van der Waals surface area contributed by atoms with Crippen molar-refractivity contribution >= 4 is 5.91 Å². The maximum absolute atomic E-state index is 11.3. The Morgan fingerprint density at radius 3 is 2.94 bits per heavy atom. The molecule has 0 aromatic heterocycles. The molecule has 3 N–H and O–H groups in total. The van der Waals surface area contributed by atoms with Crippen LogP contribution in [0.1, 0.15) is 43.4 Å². The SMILES string of the molecule is CCCCC1NC(C(N)=O)Cc2ccccc21. The summed E-state index contributed by atoms with van der Waals surface area (Å²) in [5.74, 6) is -0.249. The van der Waals surface area contributed by atoms with Gasteiger partial charge in [-0.3, -0.25) is 10.1 Å². The molecule has 1 heterocycles. The molecule has 1 aromatic carbocycles. The van der Waals surface area contributed by atoms with Crippen LogP contribution in [0.3, 0.4) is 0 Å². The molecule has 1 aromatic rings. The Balaban J connectivity index is 2.22. The molecule has 1 amide bonds. The summed E-state index contributed by atoms with van der Waals surface area (Å²) >= 11 is 0. The first-order chi connectivity index (χ1) is 8.22. The Labute approximate surface area is 102 Å². The van der Waals surface area contributed by atoms with Crippen molar-refractivity contribution in [3.63, 3.8) is 0 Å². The number of fused-ring (bicyclic) bond motifs is 1. The Hall–Kier alpha value is -1.35. The van der Waals surface area contributed by atoms with Gasteiger partial charge in [0, 0.05) is 6.04 Å². The lowest BCUT2D eigenvalue weighted by molar-refractivity contribution is -0.120. The van der Waals surface area contributed by atoms with Crippen LogP contribution in [0.4, 0.5) is 0 Å². The van der Waals surface area contributed by atoms with Crippen molar-refractivity contribution < 1.29 is 4.79 Å². The van der Waals surface area contributed by atoms with Crippen LogP contribution < -0.4 is 11.1 Å². The zero-order chi connectivity index (χ0) is 12.3. The summed E-state index contributed by atoms with van der Waals surface area (Å²) in [5, 5.41) is 3.37. The lowest BCUT2D eigenvalue weighted by atomic mass is 9.88. The lowest BCUT2D eigenvalue weighted by Gasteiger charge is -2.31. The Morgan fingerprint density at radius 2 is 2.24 bits per heavy atom. The van der Waals surface area contributed by atoms with E-state index in [4.69, 9.17) is 5.73 Å². The maximum Gasteiger partial charge on any atom is 0.234 e. The van der Waals surface area contributed by atoms with Gasteiger partial charge in [0.15, 0.2) is 0 Å². The van der Waals surface area contributed by atoms with Gasteiger partial charge >= 0.3 is 0 Å². The molecule has 0 fully saturated rings. The molecule has 0 radical (unpaired) electrons. The van der Waals surface area contributed by atoms with Gasteiger partial charge in [0.25, 0.3) is 0 Å². The maximum atomic E-state index is 11.3. The highest BCUT2D eigenvalue weighted by Crippen LogP contribution is 2.28. The molecule has 1 aliphatic heterocycles. The topological polar surface area (TPSA) is 55.1 Å². The number of hydrogen-bond acceptors (Lipinski definition) is 2. The molecule has 92 valence electrons. The van der Waals surface area contributed by atoms with Crippen LogP contribution in [0, 0.1) is 0 Å². The number of carbonyl (C=O) groups excluding carboxylic acids is 1. The second kappa shape index (κ2) is 5.32. The third-order valence-corrected chi connectivity index (χ3v) is 3.45. The van der Waals surface area contributed by atoms with Crippen molar-refractivity contribution in [2.45, 2.75) is 44.7 Å². The number of carbonyl (C=O) groups is 1. The molecule has 3 nitrogen and oxygen atoms in total. The number of unbranched alkanes of at least 4 members (excludes halogenated alkanes) is 1. The van der Waals surface area contributed by atoms with E-state index in [0.717, 1.165) is 12.8 Å². The van der Waals surface area contributed by atoms with Gasteiger partial charge in [0.2, 0.25) is 5.91 Å². The van der Waals surface area contributed by atoms with Crippen LogP contribution in [0.2, 0.25) is 0 Å². The average Bonchev–Trinajstić information content (AvgIpc) is 2.35. The van der Waals surface area contributed by atoms with E-state index in [1.54, 1.807) is 0 Å². The summed E-state index contributed by atoms with van der Waals surface area (Å²) in [6, 6.07) is 8.40. The first-order valence-corrected chi connectivity index (χ1v) is 6.35. The minimum atomic E-state index is -0.249. The smallest absolute Gasteiger partial charge is 0.234 e. The highest BCUT2D eigenvalue weighted by Gasteiger charge is 2.28. The van der Waals surface area contributed by atoms with Crippen molar-refractivity contribution in [1.82, 2.24) is 5.32 Å². The molecule has 0 aliphatic carbocycles. The lowest BCUT2D eigenvalue weighted by Crippen LogP contribution is -2.47. The van der Waals surface area contributed by atoms with Crippen molar-refractivity contribution in [1.29, 1.82) is 0 Å². The van der Waals surface area contributed by atoms with E-state index in [9.17, 15) is 4.79 Å². The number of amides is 1. The van der Waals surface area contributed by atoms with Gasteiger partial charge in [-0.05, 0) is 24.0 Å². The first kappa shape index (κ1) is 12.1. The number of benzene rings is 1. The molecule has 0 bridgehead atoms. The van der Waals surface area contributed by atoms with E-state index < -0.39 is 0 Å². The van der Waals surface area contributed by atoms with Crippen LogP contribution in [0.25, 0.3) is 0 Å². The summed E-state index contributed by atoms with van der Waals surface area (Å²) in [6.07, 6.45) is 4.12. The fraction of sp³-hybridized carbons (Fsp3) is 0.500. The minimum Gasteiger partial charge on any atom is -0.368 e. The second-order valence-electron chi connectivity index (χ2n) is 4.72. The molecule has 3 heteroatoms. The molecule has 2 atom stereocenters. The van der Waals surface area contributed by atoms with E-state index in [-0.39, 0.29) is 18.0 Å². The largest absolute Gasteiger partial charge is 0.368 e. The average molecular weight is 232 g/mol. The van der Waals surface area contributed by atoms with Crippen molar-refractivity contribution in [2.75, 3.05) is 0 Å². The quantitative estimate of drug-likeness (QED) is 0.833. The fourth-order valence-corrected chi connectivity index (χ4v) is 2.50. The van der Waals surface area contributed by atoms with Gasteiger partial charge in [0.05, 0.1) is 6.04 Å². The highest BCUT2D eigenvalue weighted by atomic mass is 16.1. The summed E-state index contributed by atoms with van der Waals surface area (Å²) in [5.41, 5.74) is 8.01. The molecule has 0 saturated heterocycles. The predicted octanol–water partition coefficient (Wildman–Crippen LogP) is 1.92. The summed E-state index contributed by atoms with van der Waals surface area (Å²) in [7, 11) is 0. The molecule has 1 aliphatic rings. The summed E-state index contributed by atoms with van der Waals surface area (Å²) < 4.78 is 0. The standard InChI is InChI=1S/C14H20N2O/c1-2-3-8-12-11-7-5-4-6-10(11)9-13(16-12)14(15)17/h4-7,12-13,16H,2-3,8-9H2,1H3,(H2,15,17). The van der Waals surface area contributed by atoms with Gasteiger partial charge in [-0.25, -0.2) is 0 Å². The highest BCUT2D eigenvalue weighted by molar-refractivity contribution is 5.80. The zero-order valence-corrected chi connectivity index (χ0v) is 10.3. The number of nitrogens with one attached hydrogen (secondary N) is 1. The monoisotopic (exact) mass is 232 g/mol. The number of primary amides is 1. The summed E-state index contributed by atoms with van der Waals surface area (Å²) in [4.78, 5) is 11.3. The van der Waals surface area contributed by atoms with Crippen molar-refractivity contribution in [2.24, 2.45) is 5.73 Å². The number of hydrogen-bond donors (Lipinski definition) is 2. The minimum absolute atomic E-state index is 0.216. The fourth-order valence-electron chi connectivity index (χ4n) is 2.50. The van der Waals surface area contributed by atoms with E-state index in [0.29, 0.717) is 6.42 Å². The number of rotatable bonds is 4. The molecule has 0 spiro atoms. The van der Waals surface area contributed by atoms with Gasteiger partial charge in [-0.1, -0.05) is 44.0 Å². The Bertz CT molecular complexity index is 403. The molecule has 17 heavy (non-hydrogen) atoms. The van der Waals surface area contributed by atoms with Gasteiger partial charge < -0.3 is 5.73 Å². The van der Waals surface area contributed by atoms with E-state index in [1.807, 2.05) is 6.07 Å². The van der Waals surface area contributed by atoms with Gasteiger partial charge in [0.1, 0.15) is 0 Å². The Kier molecular flexibility index (Phi) is 3.79. The second-order valence-corrected chi connectivity index (χ2v) is 4.72. The van der Waals surface area contributed by atoms with E-state index in [1.165, 1.54) is 17.5 Å². The predicted molar refractivity (Wildman–Crippen MR) is 68.5 cm³/mol. The molecule has 0 saturated carbocycles. The van der Waals surface area contributed by atoms with Gasteiger partial charge in [-0.15, -0.1) is 0 Å². The molecular weight excluding hydrogens is 212 g/mol. The first-order valence-electron chi connectivity index (χ1n) is 6.35. The third kappa shape index (κ3) is 2.67. The molecule has 2 rings (SSSR count). The van der Waals surface area contributed by atoms with Crippen molar-refractivity contribution in [3.8, 4) is 0 Å². The van der Waals surface area contributed by atoms with E-state index in [2.05, 4.69) is 30.4 Å². The van der Waals surface area contributed by atoms with Crippen LogP contribution >= 0.6 is 0 Å². The Morgan fingerprint density at radius 1 is 1.47 bits per heavy atom. The van der Waals surface area contributed by atoms with Crippen LogP contribution in [-0.4, -0.2) is 11.9 Å². The van der Waals surface area contributed by atoms with E-state index >= 15 is 0 Å². The zero-order valence-electron chi connectivity index (χ0n) is 10.3. The summed E-state index contributed by atoms with van der Waals surface area (Å²) in [6.45, 7) is 2.18. The van der Waals surface area contributed by atoms with Crippen LogP contribution in [-0.2, 0) is 11.2 Å². The third-order valence-electron chi connectivity index (χ3n) is 3.45. The molecular formula is C14H20N2O. The molecule has 2 unspecified atom stereocenters. The van der Waals surface area contributed by atoms with Crippen LogP contribution in [0.15, 0.2) is 24.3 Å².